The number of aliphatic imine (C=N–C) groups is 1. The Balaban J connectivity index is 1.51. The molecule has 2 aliphatic heterocycles. The van der Waals surface area contributed by atoms with Crippen LogP contribution in [-0.4, -0.2) is 49.4 Å². The van der Waals surface area contributed by atoms with Gasteiger partial charge in [0.15, 0.2) is 10.8 Å². The summed E-state index contributed by atoms with van der Waals surface area (Å²) in [5.41, 5.74) is 3.65. The van der Waals surface area contributed by atoms with Crippen LogP contribution in [0.3, 0.4) is 0 Å². The molecule has 2 aromatic heterocycles. The zero-order valence-corrected chi connectivity index (χ0v) is 16.6. The predicted molar refractivity (Wildman–Crippen MR) is 107 cm³/mol. The number of fused-ring (bicyclic) bond motifs is 1. The van der Waals surface area contributed by atoms with Crippen molar-refractivity contribution in [2.24, 2.45) is 12.0 Å². The highest BCUT2D eigenvalue weighted by Crippen LogP contribution is 2.39. The van der Waals surface area contributed by atoms with Crippen LogP contribution in [0.4, 0.5) is 0 Å². The van der Waals surface area contributed by atoms with E-state index < -0.39 is 0 Å². The maximum absolute atomic E-state index is 5.03. The van der Waals surface area contributed by atoms with Crippen molar-refractivity contribution in [2.45, 2.75) is 43.5 Å². The number of nitrogens with zero attached hydrogens (tertiary/aromatic N) is 5. The predicted octanol–water partition coefficient (Wildman–Crippen LogP) is 2.91. The van der Waals surface area contributed by atoms with E-state index in [1.807, 2.05) is 41.5 Å². The van der Waals surface area contributed by atoms with Crippen LogP contribution >= 0.6 is 23.3 Å². The number of hydrogen-bond acceptors (Lipinski definition) is 7. The Labute approximate surface area is 161 Å². The lowest BCUT2D eigenvalue weighted by Gasteiger charge is -2.30. The molecule has 1 N–H and O–H groups in total. The lowest BCUT2D eigenvalue weighted by molar-refractivity contribution is 0.538. The Hall–Kier alpha value is -1.64. The second-order valence-electron chi connectivity index (χ2n) is 7.15. The third-order valence-electron chi connectivity index (χ3n) is 5.01. The number of aryl methyl sites for hydroxylation is 1. The summed E-state index contributed by atoms with van der Waals surface area (Å²) in [6.07, 6.45) is 7.57. The largest absolute Gasteiger partial charge is 0.326 e. The van der Waals surface area contributed by atoms with Crippen LogP contribution in [0.25, 0.3) is 5.57 Å². The van der Waals surface area contributed by atoms with Crippen molar-refractivity contribution in [3.8, 4) is 0 Å². The molecule has 26 heavy (non-hydrogen) atoms. The van der Waals surface area contributed by atoms with E-state index >= 15 is 0 Å². The summed E-state index contributed by atoms with van der Waals surface area (Å²) in [6.45, 7) is 3.11. The summed E-state index contributed by atoms with van der Waals surface area (Å²) in [5, 5.41) is 8.50. The molecule has 1 aliphatic carbocycles. The molecule has 3 aliphatic rings. The van der Waals surface area contributed by atoms with E-state index in [1.54, 1.807) is 11.3 Å². The Morgan fingerprint density at radius 2 is 2.23 bits per heavy atom. The minimum absolute atomic E-state index is 0.0879. The molecule has 4 heterocycles. The molecular formula is C18H22N6S2. The van der Waals surface area contributed by atoms with Gasteiger partial charge in [0.1, 0.15) is 0 Å². The maximum atomic E-state index is 5.03. The highest BCUT2D eigenvalue weighted by atomic mass is 32.2. The Morgan fingerprint density at radius 1 is 1.35 bits per heavy atom. The van der Waals surface area contributed by atoms with E-state index in [-0.39, 0.29) is 6.04 Å². The highest BCUT2D eigenvalue weighted by Gasteiger charge is 2.39. The SMILES string of the molecule is CC1N=C(c2nccs2)N2CC(NSC3CC3)CC2=C1c1ccn(C)n1. The van der Waals surface area contributed by atoms with Gasteiger partial charge in [-0.1, -0.05) is 11.9 Å². The Bertz CT molecular complexity index is 864. The molecule has 2 fully saturated rings. The van der Waals surface area contributed by atoms with E-state index in [4.69, 9.17) is 4.99 Å². The second kappa shape index (κ2) is 6.51. The van der Waals surface area contributed by atoms with Gasteiger partial charge in [0.2, 0.25) is 0 Å². The van der Waals surface area contributed by atoms with Crippen molar-refractivity contribution in [1.29, 1.82) is 0 Å². The van der Waals surface area contributed by atoms with Crippen molar-refractivity contribution in [2.75, 3.05) is 6.54 Å². The van der Waals surface area contributed by atoms with Crippen LogP contribution in [0.2, 0.25) is 0 Å². The van der Waals surface area contributed by atoms with Gasteiger partial charge in [-0.15, -0.1) is 11.3 Å². The highest BCUT2D eigenvalue weighted by molar-refractivity contribution is 7.98. The molecule has 8 heteroatoms. The van der Waals surface area contributed by atoms with Crippen LogP contribution in [0, 0.1) is 0 Å². The molecule has 0 aromatic carbocycles. The molecule has 0 radical (unpaired) electrons. The zero-order chi connectivity index (χ0) is 17.7. The fourth-order valence-electron chi connectivity index (χ4n) is 3.65. The average Bonchev–Trinajstić information content (AvgIpc) is 3.03. The minimum atomic E-state index is 0.0879. The number of amidine groups is 1. The summed E-state index contributed by atoms with van der Waals surface area (Å²) < 4.78 is 5.57. The summed E-state index contributed by atoms with van der Waals surface area (Å²) >= 11 is 3.57. The first-order valence-corrected chi connectivity index (χ1v) is 10.8. The van der Waals surface area contributed by atoms with Crippen molar-refractivity contribution < 1.29 is 0 Å². The maximum Gasteiger partial charge on any atom is 0.165 e. The molecule has 6 nitrogen and oxygen atoms in total. The van der Waals surface area contributed by atoms with Crippen LogP contribution < -0.4 is 4.72 Å². The zero-order valence-electron chi connectivity index (χ0n) is 14.9. The molecule has 0 bridgehead atoms. The number of hydrogen-bond donors (Lipinski definition) is 1. The van der Waals surface area contributed by atoms with Crippen LogP contribution in [0.5, 0.6) is 0 Å². The fourth-order valence-corrected chi connectivity index (χ4v) is 5.20. The number of thiazole rings is 1. The molecule has 2 unspecified atom stereocenters. The second-order valence-corrected chi connectivity index (χ2v) is 9.18. The van der Waals surface area contributed by atoms with E-state index in [0.717, 1.165) is 34.8 Å². The van der Waals surface area contributed by atoms with Gasteiger partial charge in [0.05, 0.1) is 11.7 Å². The fraction of sp³-hybridized carbons (Fsp3) is 0.500. The number of aromatic nitrogens is 3. The average molecular weight is 387 g/mol. The van der Waals surface area contributed by atoms with Crippen molar-refractivity contribution >= 4 is 34.7 Å². The molecule has 2 aromatic rings. The Kier molecular flexibility index (Phi) is 4.14. The summed E-state index contributed by atoms with van der Waals surface area (Å²) in [5.74, 6) is 1.02. The molecular weight excluding hydrogens is 364 g/mol. The van der Waals surface area contributed by atoms with Gasteiger partial charge in [0, 0.05) is 60.3 Å². The number of nitrogens with one attached hydrogen (secondary N) is 1. The van der Waals surface area contributed by atoms with Crippen molar-refractivity contribution in [3.63, 3.8) is 0 Å². The van der Waals surface area contributed by atoms with Gasteiger partial charge in [-0.25, -0.2) is 4.98 Å². The van der Waals surface area contributed by atoms with Gasteiger partial charge in [-0.05, 0) is 25.8 Å². The molecule has 0 amide bonds. The standard InChI is InChI=1S/C18H22N6S2/c1-11-16(14-5-7-23(2)21-14)15-9-12(22-26-13-3-4-13)10-24(15)17(20-11)18-19-6-8-25-18/h5-8,11-13,22H,3-4,9-10H2,1-2H3. The first kappa shape index (κ1) is 16.5. The quantitative estimate of drug-likeness (QED) is 0.801. The van der Waals surface area contributed by atoms with Gasteiger partial charge >= 0.3 is 0 Å². The normalized spacial score (nSPS) is 25.6. The minimum Gasteiger partial charge on any atom is -0.326 e. The smallest absolute Gasteiger partial charge is 0.165 e. The van der Waals surface area contributed by atoms with Gasteiger partial charge in [-0.3, -0.25) is 14.4 Å². The van der Waals surface area contributed by atoms with Gasteiger partial charge < -0.3 is 4.90 Å². The monoisotopic (exact) mass is 386 g/mol. The topological polar surface area (TPSA) is 58.3 Å². The van der Waals surface area contributed by atoms with Gasteiger partial charge in [0.25, 0.3) is 0 Å². The van der Waals surface area contributed by atoms with E-state index in [0.29, 0.717) is 6.04 Å². The molecule has 1 saturated carbocycles. The van der Waals surface area contributed by atoms with E-state index in [9.17, 15) is 0 Å². The van der Waals surface area contributed by atoms with Crippen LogP contribution in [0.1, 0.15) is 36.9 Å². The van der Waals surface area contributed by atoms with E-state index in [2.05, 4.69) is 32.7 Å². The molecule has 5 rings (SSSR count). The first-order chi connectivity index (χ1) is 12.7. The molecule has 136 valence electrons. The van der Waals surface area contributed by atoms with Crippen LogP contribution in [-0.2, 0) is 7.05 Å². The lowest BCUT2D eigenvalue weighted by atomic mass is 9.99. The third-order valence-corrected chi connectivity index (χ3v) is 7.05. The summed E-state index contributed by atoms with van der Waals surface area (Å²) in [4.78, 5) is 11.9. The Morgan fingerprint density at radius 3 is 2.92 bits per heavy atom. The van der Waals surface area contributed by atoms with Crippen LogP contribution in [0.15, 0.2) is 34.5 Å². The molecule has 1 saturated heterocycles. The summed E-state index contributed by atoms with van der Waals surface area (Å²) in [7, 11) is 1.97. The van der Waals surface area contributed by atoms with E-state index in [1.165, 1.54) is 24.1 Å². The van der Waals surface area contributed by atoms with Crippen molar-refractivity contribution in [1.82, 2.24) is 24.4 Å². The summed E-state index contributed by atoms with van der Waals surface area (Å²) in [6, 6.07) is 2.62. The van der Waals surface area contributed by atoms with Gasteiger partial charge in [-0.2, -0.15) is 5.10 Å². The molecule has 2 atom stereocenters. The third kappa shape index (κ3) is 3.00. The number of rotatable bonds is 5. The lowest BCUT2D eigenvalue weighted by Crippen LogP contribution is -2.36. The van der Waals surface area contributed by atoms with Crippen molar-refractivity contribution in [3.05, 3.63) is 40.2 Å². The molecule has 0 spiro atoms. The first-order valence-electron chi connectivity index (χ1n) is 9.08.